The lowest BCUT2D eigenvalue weighted by molar-refractivity contribution is 1.02. The van der Waals surface area contributed by atoms with Gasteiger partial charge >= 0.3 is 0 Å². The Morgan fingerprint density at radius 1 is 1.00 bits per heavy atom. The Hall–Kier alpha value is -2.00. The van der Waals surface area contributed by atoms with Crippen molar-refractivity contribution in [2.75, 3.05) is 0 Å². The molecule has 92 valence electrons. The van der Waals surface area contributed by atoms with E-state index in [-0.39, 0.29) is 0 Å². The van der Waals surface area contributed by atoms with E-state index in [4.69, 9.17) is 12.2 Å². The largest absolute Gasteiger partial charge is 0.330 e. The first-order valence-electron chi connectivity index (χ1n) is 6.42. The Balaban J connectivity index is 2.10. The average Bonchev–Trinajstić information content (AvgIpc) is 2.85. The molecule has 0 amide bonds. The van der Waals surface area contributed by atoms with E-state index < -0.39 is 0 Å². The molecule has 3 heteroatoms. The van der Waals surface area contributed by atoms with Crippen molar-refractivity contribution in [1.29, 1.82) is 0 Å². The smallest absolute Gasteiger partial charge is 0.197 e. The van der Waals surface area contributed by atoms with Gasteiger partial charge in [-0.3, -0.25) is 0 Å². The lowest BCUT2D eigenvalue weighted by Crippen LogP contribution is -1.89. The maximum absolute atomic E-state index is 5.12. The van der Waals surface area contributed by atoms with Crippen LogP contribution in [0.15, 0.2) is 42.6 Å². The summed E-state index contributed by atoms with van der Waals surface area (Å²) in [4.78, 5) is 7.23. The SMILES string of the molecule is S=c1nccc(-c2ccc3c4c(cccc24)CC3)[nH]1. The summed E-state index contributed by atoms with van der Waals surface area (Å²) in [5.74, 6) is 0. The van der Waals surface area contributed by atoms with Gasteiger partial charge in [-0.05, 0) is 53.0 Å². The monoisotopic (exact) mass is 264 g/mol. The zero-order chi connectivity index (χ0) is 12.8. The van der Waals surface area contributed by atoms with Crippen LogP contribution < -0.4 is 0 Å². The van der Waals surface area contributed by atoms with Gasteiger partial charge in [0.15, 0.2) is 4.77 Å². The van der Waals surface area contributed by atoms with Crippen LogP contribution in [0.3, 0.4) is 0 Å². The molecule has 0 saturated carbocycles. The Kier molecular flexibility index (Phi) is 2.29. The van der Waals surface area contributed by atoms with Gasteiger partial charge < -0.3 is 4.98 Å². The van der Waals surface area contributed by atoms with Crippen molar-refractivity contribution in [1.82, 2.24) is 9.97 Å². The quantitative estimate of drug-likeness (QED) is 0.671. The molecular formula is C16H12N2S. The zero-order valence-electron chi connectivity index (χ0n) is 10.3. The molecular weight excluding hydrogens is 252 g/mol. The molecule has 0 radical (unpaired) electrons. The van der Waals surface area contributed by atoms with Gasteiger partial charge in [0.05, 0.1) is 0 Å². The molecule has 0 spiro atoms. The van der Waals surface area contributed by atoms with Crippen molar-refractivity contribution in [3.63, 3.8) is 0 Å². The predicted octanol–water partition coefficient (Wildman–Crippen LogP) is 4.06. The first-order chi connectivity index (χ1) is 9.33. The number of rotatable bonds is 1. The topological polar surface area (TPSA) is 28.7 Å². The van der Waals surface area contributed by atoms with Gasteiger partial charge in [0, 0.05) is 17.5 Å². The molecule has 1 aromatic heterocycles. The summed E-state index contributed by atoms with van der Waals surface area (Å²) in [6.45, 7) is 0. The summed E-state index contributed by atoms with van der Waals surface area (Å²) in [7, 11) is 0. The Bertz CT molecular complexity index is 838. The van der Waals surface area contributed by atoms with Crippen LogP contribution >= 0.6 is 12.2 Å². The summed E-state index contributed by atoms with van der Waals surface area (Å²) in [5.41, 5.74) is 5.16. The number of hydrogen-bond acceptors (Lipinski definition) is 2. The number of hydrogen-bond donors (Lipinski definition) is 1. The van der Waals surface area contributed by atoms with Crippen LogP contribution in [0.2, 0.25) is 0 Å². The Morgan fingerprint density at radius 2 is 1.84 bits per heavy atom. The number of aromatic nitrogens is 2. The van der Waals surface area contributed by atoms with E-state index in [0.717, 1.165) is 18.5 Å². The molecule has 2 aromatic carbocycles. The van der Waals surface area contributed by atoms with Crippen LogP contribution in [0.25, 0.3) is 22.0 Å². The Labute approximate surface area is 116 Å². The second kappa shape index (κ2) is 4.00. The fourth-order valence-electron chi connectivity index (χ4n) is 3.01. The highest BCUT2D eigenvalue weighted by Gasteiger charge is 2.16. The minimum absolute atomic E-state index is 0.528. The van der Waals surface area contributed by atoms with Crippen molar-refractivity contribution in [3.8, 4) is 11.3 Å². The third kappa shape index (κ3) is 1.62. The number of H-pyrrole nitrogens is 1. The molecule has 19 heavy (non-hydrogen) atoms. The summed E-state index contributed by atoms with van der Waals surface area (Å²) in [5, 5.41) is 2.74. The summed E-state index contributed by atoms with van der Waals surface area (Å²) >= 11 is 5.12. The second-order valence-corrected chi connectivity index (χ2v) is 5.29. The van der Waals surface area contributed by atoms with Crippen LogP contribution in [0.5, 0.6) is 0 Å². The van der Waals surface area contributed by atoms with Crippen LogP contribution in [0.4, 0.5) is 0 Å². The van der Waals surface area contributed by atoms with Crippen LogP contribution in [-0.4, -0.2) is 9.97 Å². The van der Waals surface area contributed by atoms with E-state index in [1.807, 2.05) is 6.07 Å². The number of nitrogens with zero attached hydrogens (tertiary/aromatic N) is 1. The minimum Gasteiger partial charge on any atom is -0.330 e. The van der Waals surface area contributed by atoms with Crippen molar-refractivity contribution >= 4 is 23.0 Å². The summed E-state index contributed by atoms with van der Waals surface area (Å²) in [6, 6.07) is 13.0. The molecule has 3 aromatic rings. The first kappa shape index (κ1) is 10.9. The van der Waals surface area contributed by atoms with Crippen molar-refractivity contribution in [3.05, 3.63) is 58.5 Å². The molecule has 0 fully saturated rings. The van der Waals surface area contributed by atoms with Gasteiger partial charge in [0.25, 0.3) is 0 Å². The van der Waals surface area contributed by atoms with Gasteiger partial charge in [-0.25, -0.2) is 4.98 Å². The van der Waals surface area contributed by atoms with Gasteiger partial charge in [-0.1, -0.05) is 30.3 Å². The highest BCUT2D eigenvalue weighted by molar-refractivity contribution is 7.71. The van der Waals surface area contributed by atoms with Crippen molar-refractivity contribution < 1.29 is 0 Å². The molecule has 0 atom stereocenters. The van der Waals surface area contributed by atoms with Gasteiger partial charge in [0.2, 0.25) is 0 Å². The highest BCUT2D eigenvalue weighted by atomic mass is 32.1. The average molecular weight is 264 g/mol. The maximum Gasteiger partial charge on any atom is 0.197 e. The molecule has 2 nitrogen and oxygen atoms in total. The summed E-state index contributed by atoms with van der Waals surface area (Å²) in [6.07, 6.45) is 4.07. The highest BCUT2D eigenvalue weighted by Crippen LogP contribution is 2.36. The molecule has 1 N–H and O–H groups in total. The zero-order valence-corrected chi connectivity index (χ0v) is 11.1. The fraction of sp³-hybridized carbons (Fsp3) is 0.125. The molecule has 0 bridgehead atoms. The Morgan fingerprint density at radius 3 is 2.68 bits per heavy atom. The maximum atomic E-state index is 5.12. The van der Waals surface area contributed by atoms with Crippen molar-refractivity contribution in [2.24, 2.45) is 0 Å². The van der Waals surface area contributed by atoms with Crippen LogP contribution in [0.1, 0.15) is 11.1 Å². The van der Waals surface area contributed by atoms with Gasteiger partial charge in [-0.15, -0.1) is 0 Å². The van der Waals surface area contributed by atoms with Crippen molar-refractivity contribution in [2.45, 2.75) is 12.8 Å². The number of aromatic amines is 1. The van der Waals surface area contributed by atoms with E-state index in [1.54, 1.807) is 6.20 Å². The minimum atomic E-state index is 0.528. The second-order valence-electron chi connectivity index (χ2n) is 4.90. The molecule has 4 rings (SSSR count). The number of aryl methyl sites for hydroxylation is 2. The summed E-state index contributed by atoms with van der Waals surface area (Å²) < 4.78 is 0.528. The van der Waals surface area contributed by atoms with E-state index in [0.29, 0.717) is 4.77 Å². The van der Waals surface area contributed by atoms with Gasteiger partial charge in [0.1, 0.15) is 0 Å². The predicted molar refractivity (Wildman–Crippen MR) is 79.8 cm³/mol. The number of benzene rings is 2. The van der Waals surface area contributed by atoms with Crippen LogP contribution in [0, 0.1) is 4.77 Å². The lowest BCUT2D eigenvalue weighted by atomic mass is 9.98. The third-order valence-corrected chi connectivity index (χ3v) is 4.05. The van der Waals surface area contributed by atoms with E-state index in [9.17, 15) is 0 Å². The first-order valence-corrected chi connectivity index (χ1v) is 6.83. The molecule has 0 unspecified atom stereocenters. The van der Waals surface area contributed by atoms with Gasteiger partial charge in [-0.2, -0.15) is 0 Å². The fourth-order valence-corrected chi connectivity index (χ4v) is 3.18. The third-order valence-electron chi connectivity index (χ3n) is 3.84. The normalized spacial score (nSPS) is 13.1. The molecule has 1 heterocycles. The van der Waals surface area contributed by atoms with E-state index in [2.05, 4.69) is 40.3 Å². The number of nitrogens with one attached hydrogen (secondary N) is 1. The standard InChI is InChI=1S/C16H12N2S/c19-16-17-9-8-14(18-16)12-7-6-11-5-4-10-2-1-3-13(12)15(10)11/h1-3,6-9H,4-5H2,(H,17,18,19). The molecule has 1 aliphatic carbocycles. The molecule has 0 aliphatic heterocycles. The van der Waals surface area contributed by atoms with E-state index >= 15 is 0 Å². The van der Waals surface area contributed by atoms with Crippen LogP contribution in [-0.2, 0) is 12.8 Å². The van der Waals surface area contributed by atoms with E-state index in [1.165, 1.54) is 27.5 Å². The molecule has 1 aliphatic rings. The molecule has 0 saturated heterocycles. The lowest BCUT2D eigenvalue weighted by Gasteiger charge is -2.09.